The number of carbonyl (C=O) groups excluding carboxylic acids is 4. The second kappa shape index (κ2) is 19.9. The van der Waals surface area contributed by atoms with Crippen molar-refractivity contribution in [3.63, 3.8) is 0 Å². The predicted molar refractivity (Wildman–Crippen MR) is 223 cm³/mol. The number of ether oxygens (including phenoxy) is 2. The first kappa shape index (κ1) is 44.5. The third-order valence-electron chi connectivity index (χ3n) is 13.1. The van der Waals surface area contributed by atoms with E-state index in [9.17, 15) is 19.2 Å². The summed E-state index contributed by atoms with van der Waals surface area (Å²) in [5, 5.41) is 9.05. The summed E-state index contributed by atoms with van der Waals surface area (Å²) < 4.78 is 12.1. The van der Waals surface area contributed by atoms with Crippen molar-refractivity contribution in [2.45, 2.75) is 134 Å². The number of thiazole rings is 1. The number of hydrogen-bond acceptors (Lipinski definition) is 10. The third kappa shape index (κ3) is 10.2. The molecule has 3 heterocycles. The van der Waals surface area contributed by atoms with Crippen molar-refractivity contribution in [2.24, 2.45) is 23.7 Å². The van der Waals surface area contributed by atoms with Crippen LogP contribution >= 0.6 is 11.3 Å². The molecule has 1 saturated carbocycles. The molecule has 13 nitrogen and oxygen atoms in total. The van der Waals surface area contributed by atoms with Crippen LogP contribution < -0.4 is 16.4 Å². The van der Waals surface area contributed by atoms with Crippen molar-refractivity contribution in [1.29, 1.82) is 0 Å². The lowest BCUT2D eigenvalue weighted by atomic mass is 9.89. The van der Waals surface area contributed by atoms with Crippen molar-refractivity contribution in [3.05, 3.63) is 46.4 Å². The van der Waals surface area contributed by atoms with E-state index in [1.54, 1.807) is 32.4 Å². The van der Waals surface area contributed by atoms with Crippen molar-refractivity contribution in [2.75, 3.05) is 40.6 Å². The second-order valence-electron chi connectivity index (χ2n) is 17.0. The monoisotopic (exact) mass is 809 g/mol. The average Bonchev–Trinajstić information content (AvgIpc) is 4.02. The standard InChI is InChI=1S/C43H67N7O6S/c1-10-26(4)37(49(7)43(54)36(25(2)3)47-41(53)38-29-16-17-31(23-29)48(38)6)34(55-8)24-35(51)50-19-12-15-33(50)39(56-9)27(5)40(52)46-32(42-45-18-20-57-42)22-28-13-11-14-30(44)21-28/h11,13-14,18,20-21,25-27,29,31-34,36-39H,10,12,15-17,19,22-24,44H2,1-9H3,(H,46,52)(H,47,53)/t26-,27+,29-,31+,32-,33?,34+,36?,37-,38-,39+/m0/s1. The van der Waals surface area contributed by atoms with Crippen molar-refractivity contribution >= 4 is 40.7 Å². The average molecular weight is 810 g/mol. The topological polar surface area (TPSA) is 159 Å². The number of piperidine rings is 1. The van der Waals surface area contributed by atoms with Gasteiger partial charge in [-0.15, -0.1) is 11.3 Å². The fourth-order valence-corrected chi connectivity index (χ4v) is 10.4. The Hall–Kier alpha value is -3.59. The minimum absolute atomic E-state index is 0.000150. The Labute approximate surface area is 343 Å². The first-order valence-electron chi connectivity index (χ1n) is 20.9. The van der Waals surface area contributed by atoms with Crippen LogP contribution in [0.15, 0.2) is 35.8 Å². The molecular weight excluding hydrogens is 743 g/mol. The maximum Gasteiger partial charge on any atom is 0.245 e. The van der Waals surface area contributed by atoms with Gasteiger partial charge in [-0.05, 0) is 81.0 Å². The maximum atomic E-state index is 14.4. The summed E-state index contributed by atoms with van der Waals surface area (Å²) in [5.41, 5.74) is 7.70. The Morgan fingerprint density at radius 1 is 1.07 bits per heavy atom. The third-order valence-corrected chi connectivity index (χ3v) is 14.0. The zero-order valence-electron chi connectivity index (χ0n) is 35.5. The van der Waals surface area contributed by atoms with Gasteiger partial charge in [0.1, 0.15) is 11.0 Å². The van der Waals surface area contributed by atoms with E-state index in [4.69, 9.17) is 15.2 Å². The molecule has 3 aliphatic rings. The Bertz CT molecular complexity index is 1660. The largest absolute Gasteiger partial charge is 0.399 e. The molecule has 11 atom stereocenters. The van der Waals surface area contributed by atoms with E-state index in [0.717, 1.165) is 42.7 Å². The summed E-state index contributed by atoms with van der Waals surface area (Å²) in [6.07, 6.45) is 6.57. The van der Waals surface area contributed by atoms with Crippen molar-refractivity contribution < 1.29 is 28.7 Å². The number of rotatable bonds is 19. The molecule has 0 radical (unpaired) electrons. The summed E-state index contributed by atoms with van der Waals surface area (Å²) in [5.74, 6) is -0.957. The minimum Gasteiger partial charge on any atom is -0.399 e. The minimum atomic E-state index is -0.714. The number of hydrogen-bond donors (Lipinski definition) is 3. The zero-order chi connectivity index (χ0) is 41.6. The number of likely N-dealkylation sites (N-methyl/N-ethyl adjacent to an activating group) is 2. The predicted octanol–water partition coefficient (Wildman–Crippen LogP) is 4.67. The van der Waals surface area contributed by atoms with Gasteiger partial charge in [0.2, 0.25) is 23.6 Å². The molecule has 3 fully saturated rings. The summed E-state index contributed by atoms with van der Waals surface area (Å²) in [6, 6.07) is 6.02. The summed E-state index contributed by atoms with van der Waals surface area (Å²) in [6.45, 7) is 10.4. The number of amides is 4. The Balaban J connectivity index is 1.27. The molecular formula is C43H67N7O6S. The molecule has 2 bridgehead atoms. The van der Waals surface area contributed by atoms with Crippen LogP contribution in [0.25, 0.3) is 0 Å². The van der Waals surface area contributed by atoms with Crippen LogP contribution in [0.5, 0.6) is 0 Å². The van der Waals surface area contributed by atoms with Crippen LogP contribution in [0.1, 0.15) is 96.2 Å². The number of nitrogens with one attached hydrogen (secondary N) is 2. The van der Waals surface area contributed by atoms with E-state index in [1.165, 1.54) is 11.3 Å². The normalized spacial score (nSPS) is 24.4. The Morgan fingerprint density at radius 3 is 2.42 bits per heavy atom. The first-order chi connectivity index (χ1) is 27.2. The maximum absolute atomic E-state index is 14.4. The molecule has 5 rings (SSSR count). The molecule has 316 valence electrons. The van der Waals surface area contributed by atoms with E-state index < -0.39 is 30.2 Å². The quantitative estimate of drug-likeness (QED) is 0.172. The lowest BCUT2D eigenvalue weighted by Crippen LogP contribution is -2.60. The number of nitrogen functional groups attached to an aromatic ring is 1. The molecule has 4 amide bonds. The van der Waals surface area contributed by atoms with Gasteiger partial charge in [0.25, 0.3) is 0 Å². The highest BCUT2D eigenvalue weighted by molar-refractivity contribution is 7.09. The molecule has 57 heavy (non-hydrogen) atoms. The highest BCUT2D eigenvalue weighted by atomic mass is 32.1. The van der Waals surface area contributed by atoms with Crippen molar-refractivity contribution in [3.8, 4) is 0 Å². The van der Waals surface area contributed by atoms with E-state index in [1.807, 2.05) is 62.4 Å². The van der Waals surface area contributed by atoms with E-state index in [2.05, 4.69) is 34.4 Å². The molecule has 14 heteroatoms. The molecule has 2 aromatic rings. The van der Waals surface area contributed by atoms with Crippen LogP contribution in [0.2, 0.25) is 0 Å². The number of aromatic nitrogens is 1. The highest BCUT2D eigenvalue weighted by Crippen LogP contribution is 2.41. The molecule has 2 aliphatic heterocycles. The summed E-state index contributed by atoms with van der Waals surface area (Å²) in [4.78, 5) is 66.6. The van der Waals surface area contributed by atoms with Gasteiger partial charge in [-0.2, -0.15) is 0 Å². The number of fused-ring (bicyclic) bond motifs is 2. The molecule has 1 aliphatic carbocycles. The number of nitrogens with two attached hydrogens (primary N) is 1. The van der Waals surface area contributed by atoms with Crippen LogP contribution in [0, 0.1) is 23.7 Å². The van der Waals surface area contributed by atoms with Gasteiger partial charge in [-0.3, -0.25) is 24.1 Å². The Morgan fingerprint density at radius 2 is 1.82 bits per heavy atom. The molecule has 1 aromatic carbocycles. The van der Waals surface area contributed by atoms with Crippen LogP contribution in [0.3, 0.4) is 0 Å². The zero-order valence-corrected chi connectivity index (χ0v) is 36.3. The lowest BCUT2D eigenvalue weighted by Gasteiger charge is -2.41. The van der Waals surface area contributed by atoms with Crippen molar-refractivity contribution in [1.82, 2.24) is 30.3 Å². The SMILES string of the molecule is CC[C@H](C)[C@@H]([C@@H](CC(=O)N1CCCC1[C@H](OC)[C@@H](C)C(=O)N[C@@H](Cc1cccc(N)c1)c1nccs1)OC)N(C)C(=O)C(NC(=O)[C@@H]1[C@H]2CC[C@H](C2)N1C)C(C)C. The van der Waals surface area contributed by atoms with Gasteiger partial charge in [-0.25, -0.2) is 4.98 Å². The number of likely N-dealkylation sites (tertiary alicyclic amines) is 2. The fourth-order valence-electron chi connectivity index (χ4n) is 9.75. The first-order valence-corrected chi connectivity index (χ1v) is 21.8. The van der Waals surface area contributed by atoms with Gasteiger partial charge >= 0.3 is 0 Å². The summed E-state index contributed by atoms with van der Waals surface area (Å²) in [7, 11) is 6.97. The molecule has 2 saturated heterocycles. The van der Waals surface area contributed by atoms with Gasteiger partial charge in [0, 0.05) is 51.1 Å². The molecule has 0 spiro atoms. The van der Waals surface area contributed by atoms with Gasteiger partial charge in [0.15, 0.2) is 0 Å². The number of nitrogens with zero attached hydrogens (tertiary/aromatic N) is 4. The van der Waals surface area contributed by atoms with Crippen LogP contribution in [-0.2, 0) is 35.1 Å². The number of benzene rings is 1. The Kier molecular flexibility index (Phi) is 15.5. The highest BCUT2D eigenvalue weighted by Gasteiger charge is 2.49. The second-order valence-corrected chi connectivity index (χ2v) is 18.0. The van der Waals surface area contributed by atoms with E-state index >= 15 is 0 Å². The number of methoxy groups -OCH3 is 2. The smallest absolute Gasteiger partial charge is 0.245 e. The lowest BCUT2D eigenvalue weighted by molar-refractivity contribution is -0.148. The van der Waals surface area contributed by atoms with E-state index in [0.29, 0.717) is 37.0 Å². The van der Waals surface area contributed by atoms with Gasteiger partial charge in [-0.1, -0.05) is 53.2 Å². The van der Waals surface area contributed by atoms with Crippen LogP contribution in [-0.4, -0.2) is 121 Å². The van der Waals surface area contributed by atoms with E-state index in [-0.39, 0.29) is 60.0 Å². The van der Waals surface area contributed by atoms with Crippen LogP contribution in [0.4, 0.5) is 5.69 Å². The van der Waals surface area contributed by atoms with Gasteiger partial charge < -0.3 is 35.6 Å². The fraction of sp³-hybridized carbons (Fsp3) is 0.698. The summed E-state index contributed by atoms with van der Waals surface area (Å²) >= 11 is 1.48. The molecule has 2 unspecified atom stereocenters. The number of anilines is 1. The molecule has 4 N–H and O–H groups in total. The number of carbonyl (C=O) groups is 4. The van der Waals surface area contributed by atoms with Gasteiger partial charge in [0.05, 0.1) is 48.7 Å². The molecule has 1 aromatic heterocycles.